The van der Waals surface area contributed by atoms with E-state index < -0.39 is 0 Å². The number of anilines is 1. The molecule has 1 fully saturated rings. The molecule has 19 heavy (non-hydrogen) atoms. The molecule has 0 radical (unpaired) electrons. The van der Waals surface area contributed by atoms with Crippen molar-refractivity contribution in [3.63, 3.8) is 0 Å². The third kappa shape index (κ3) is 2.92. The maximum atomic E-state index is 9.24. The molecule has 2 N–H and O–H groups in total. The molecule has 3 heteroatoms. The van der Waals surface area contributed by atoms with Gasteiger partial charge < -0.3 is 10.4 Å². The third-order valence-corrected chi connectivity index (χ3v) is 4.25. The van der Waals surface area contributed by atoms with Crippen LogP contribution in [0.1, 0.15) is 24.3 Å². The molecule has 1 aliphatic carbocycles. The molecule has 0 aliphatic heterocycles. The van der Waals surface area contributed by atoms with Gasteiger partial charge in [-0.3, -0.25) is 0 Å². The smallest absolute Gasteiger partial charge is 0.115 e. The van der Waals surface area contributed by atoms with Crippen molar-refractivity contribution in [2.45, 2.75) is 24.8 Å². The highest BCUT2D eigenvalue weighted by atomic mass is 79.9. The summed E-state index contributed by atoms with van der Waals surface area (Å²) in [6, 6.07) is 16.4. The molecule has 3 rings (SSSR count). The van der Waals surface area contributed by atoms with Crippen LogP contribution in [0.25, 0.3) is 0 Å². The van der Waals surface area contributed by atoms with E-state index in [1.165, 1.54) is 18.4 Å². The van der Waals surface area contributed by atoms with Crippen LogP contribution < -0.4 is 5.32 Å². The number of halogens is 1. The largest absolute Gasteiger partial charge is 0.508 e. The standard InChI is InChI=1S/C16H16BrNO/c17-13-3-1-11(2-4-13)12-9-15(10-12)18-14-5-7-16(19)8-6-14/h1-8,12,15,18-19H,9-10H2. The molecule has 0 heterocycles. The molecule has 0 unspecified atom stereocenters. The van der Waals surface area contributed by atoms with Crippen LogP contribution in [0.2, 0.25) is 0 Å². The van der Waals surface area contributed by atoms with Crippen molar-refractivity contribution in [2.24, 2.45) is 0 Å². The summed E-state index contributed by atoms with van der Waals surface area (Å²) in [6.45, 7) is 0. The lowest BCUT2D eigenvalue weighted by Crippen LogP contribution is -2.33. The lowest BCUT2D eigenvalue weighted by atomic mass is 9.76. The summed E-state index contributed by atoms with van der Waals surface area (Å²) in [5.74, 6) is 0.981. The van der Waals surface area contributed by atoms with Gasteiger partial charge in [-0.2, -0.15) is 0 Å². The summed E-state index contributed by atoms with van der Waals surface area (Å²) >= 11 is 3.46. The van der Waals surface area contributed by atoms with Crippen molar-refractivity contribution in [1.82, 2.24) is 0 Å². The first kappa shape index (κ1) is 12.5. The van der Waals surface area contributed by atoms with E-state index in [0.29, 0.717) is 17.7 Å². The van der Waals surface area contributed by atoms with E-state index in [4.69, 9.17) is 0 Å². The van der Waals surface area contributed by atoms with Crippen LogP contribution in [0.5, 0.6) is 5.75 Å². The second kappa shape index (κ2) is 5.25. The van der Waals surface area contributed by atoms with Crippen molar-refractivity contribution in [2.75, 3.05) is 5.32 Å². The molecule has 1 saturated carbocycles. The molecule has 0 amide bonds. The Morgan fingerprint density at radius 2 is 1.58 bits per heavy atom. The van der Waals surface area contributed by atoms with Crippen molar-refractivity contribution in [3.8, 4) is 5.75 Å². The summed E-state index contributed by atoms with van der Waals surface area (Å²) in [4.78, 5) is 0. The first-order valence-corrected chi connectivity index (χ1v) is 7.31. The number of hydrogen-bond donors (Lipinski definition) is 2. The number of nitrogens with one attached hydrogen (secondary N) is 1. The molecule has 1 aliphatic rings. The fraction of sp³-hybridized carbons (Fsp3) is 0.250. The van der Waals surface area contributed by atoms with Crippen molar-refractivity contribution in [3.05, 3.63) is 58.6 Å². The van der Waals surface area contributed by atoms with Gasteiger partial charge in [-0.15, -0.1) is 0 Å². The molecule has 2 nitrogen and oxygen atoms in total. The summed E-state index contributed by atoms with van der Waals surface area (Å²) in [6.07, 6.45) is 2.34. The number of rotatable bonds is 3. The summed E-state index contributed by atoms with van der Waals surface area (Å²) < 4.78 is 1.13. The van der Waals surface area contributed by atoms with Crippen LogP contribution in [0.15, 0.2) is 53.0 Å². The normalized spacial score (nSPS) is 21.7. The molecule has 0 spiro atoms. The van der Waals surface area contributed by atoms with Gasteiger partial charge in [-0.25, -0.2) is 0 Å². The van der Waals surface area contributed by atoms with E-state index in [2.05, 4.69) is 45.5 Å². The Hall–Kier alpha value is -1.48. The van der Waals surface area contributed by atoms with Crippen LogP contribution in [0.3, 0.4) is 0 Å². The minimum atomic E-state index is 0.312. The predicted molar refractivity (Wildman–Crippen MR) is 81.6 cm³/mol. The molecule has 0 atom stereocenters. The predicted octanol–water partition coefficient (Wildman–Crippen LogP) is 4.51. The van der Waals surface area contributed by atoms with E-state index in [1.54, 1.807) is 12.1 Å². The van der Waals surface area contributed by atoms with Gasteiger partial charge in [-0.05, 0) is 60.7 Å². The van der Waals surface area contributed by atoms with Crippen LogP contribution in [0, 0.1) is 0 Å². The number of hydrogen-bond acceptors (Lipinski definition) is 2. The SMILES string of the molecule is Oc1ccc(NC2CC(c3ccc(Br)cc3)C2)cc1. The van der Waals surface area contributed by atoms with Crippen LogP contribution in [0.4, 0.5) is 5.69 Å². The topological polar surface area (TPSA) is 32.3 Å². The van der Waals surface area contributed by atoms with E-state index in [9.17, 15) is 5.11 Å². The Bertz CT molecular complexity index is 544. The van der Waals surface area contributed by atoms with Crippen LogP contribution >= 0.6 is 15.9 Å². The third-order valence-electron chi connectivity index (χ3n) is 3.72. The summed E-state index contributed by atoms with van der Waals surface area (Å²) in [5.41, 5.74) is 2.50. The van der Waals surface area contributed by atoms with Crippen LogP contribution in [-0.4, -0.2) is 11.1 Å². The second-order valence-corrected chi connectivity index (χ2v) is 6.02. The number of aromatic hydroxyl groups is 1. The van der Waals surface area contributed by atoms with Gasteiger partial charge >= 0.3 is 0 Å². The van der Waals surface area contributed by atoms with E-state index in [-0.39, 0.29) is 0 Å². The lowest BCUT2D eigenvalue weighted by Gasteiger charge is -2.37. The van der Waals surface area contributed by atoms with Crippen molar-refractivity contribution >= 4 is 21.6 Å². The van der Waals surface area contributed by atoms with Gasteiger partial charge in [0.25, 0.3) is 0 Å². The van der Waals surface area contributed by atoms with E-state index in [1.807, 2.05) is 12.1 Å². The van der Waals surface area contributed by atoms with Gasteiger partial charge in [0.1, 0.15) is 5.75 Å². The average molecular weight is 318 g/mol. The lowest BCUT2D eigenvalue weighted by molar-refractivity contribution is 0.374. The first-order chi connectivity index (χ1) is 9.20. The maximum Gasteiger partial charge on any atom is 0.115 e. The Morgan fingerprint density at radius 1 is 0.947 bits per heavy atom. The highest BCUT2D eigenvalue weighted by Crippen LogP contribution is 2.38. The van der Waals surface area contributed by atoms with Gasteiger partial charge in [0.15, 0.2) is 0 Å². The van der Waals surface area contributed by atoms with Gasteiger partial charge in [-0.1, -0.05) is 28.1 Å². The molecule has 0 saturated heterocycles. The van der Waals surface area contributed by atoms with Crippen LogP contribution in [-0.2, 0) is 0 Å². The minimum Gasteiger partial charge on any atom is -0.508 e. The zero-order valence-corrected chi connectivity index (χ0v) is 12.1. The number of phenols is 1. The summed E-state index contributed by atoms with van der Waals surface area (Å²) in [7, 11) is 0. The van der Waals surface area contributed by atoms with Gasteiger partial charge in [0.05, 0.1) is 0 Å². The highest BCUT2D eigenvalue weighted by Gasteiger charge is 2.29. The first-order valence-electron chi connectivity index (χ1n) is 6.52. The fourth-order valence-electron chi connectivity index (χ4n) is 2.54. The number of phenolic OH excluding ortho intramolecular Hbond substituents is 1. The molecule has 2 aromatic rings. The molecule has 2 aromatic carbocycles. The average Bonchev–Trinajstić information content (AvgIpc) is 2.37. The molecule has 98 valence electrons. The molecule has 0 aromatic heterocycles. The van der Waals surface area contributed by atoms with E-state index >= 15 is 0 Å². The molecular weight excluding hydrogens is 302 g/mol. The van der Waals surface area contributed by atoms with Crippen molar-refractivity contribution in [1.29, 1.82) is 0 Å². The Labute approximate surface area is 121 Å². The quantitative estimate of drug-likeness (QED) is 0.816. The fourth-order valence-corrected chi connectivity index (χ4v) is 2.80. The van der Waals surface area contributed by atoms with Gasteiger partial charge in [0, 0.05) is 16.2 Å². The van der Waals surface area contributed by atoms with E-state index in [0.717, 1.165) is 10.2 Å². The van der Waals surface area contributed by atoms with Gasteiger partial charge in [0.2, 0.25) is 0 Å². The molecule has 0 bridgehead atoms. The number of benzene rings is 2. The Morgan fingerprint density at radius 3 is 2.21 bits per heavy atom. The summed E-state index contributed by atoms with van der Waals surface area (Å²) in [5, 5.41) is 12.7. The highest BCUT2D eigenvalue weighted by molar-refractivity contribution is 9.10. The molecular formula is C16H16BrNO. The zero-order valence-electron chi connectivity index (χ0n) is 10.5. The Balaban J connectivity index is 1.55. The monoisotopic (exact) mass is 317 g/mol. The zero-order chi connectivity index (χ0) is 13.2. The second-order valence-electron chi connectivity index (χ2n) is 5.11. The minimum absolute atomic E-state index is 0.312. The van der Waals surface area contributed by atoms with Crippen molar-refractivity contribution < 1.29 is 5.11 Å². The maximum absolute atomic E-state index is 9.24. The Kier molecular flexibility index (Phi) is 3.47.